The van der Waals surface area contributed by atoms with Crippen LogP contribution in [-0.2, 0) is 9.87 Å². The van der Waals surface area contributed by atoms with Crippen molar-refractivity contribution < 1.29 is 9.47 Å². The molecular weight excluding hydrogens is 446 g/mol. The van der Waals surface area contributed by atoms with Gasteiger partial charge in [-0.2, -0.15) is 0 Å². The van der Waals surface area contributed by atoms with E-state index >= 15 is 0 Å². The minimum atomic E-state index is -0.682. The van der Waals surface area contributed by atoms with Gasteiger partial charge in [0, 0.05) is 11.0 Å². The minimum absolute atomic E-state index is 0.161. The van der Waals surface area contributed by atoms with Crippen molar-refractivity contribution in [3.63, 3.8) is 0 Å². The highest BCUT2D eigenvalue weighted by Gasteiger charge is 2.53. The molecule has 3 heterocycles. The maximum atomic E-state index is 6.71. The molecular formula is C28H25NO2S2. The first-order chi connectivity index (χ1) is 15.9. The molecule has 0 aliphatic carbocycles. The van der Waals surface area contributed by atoms with Crippen molar-refractivity contribution >= 4 is 23.5 Å². The molecule has 0 spiro atoms. The van der Waals surface area contributed by atoms with Gasteiger partial charge in [0.2, 0.25) is 9.87 Å². The van der Waals surface area contributed by atoms with Gasteiger partial charge < -0.3 is 14.5 Å². The van der Waals surface area contributed by atoms with Gasteiger partial charge in [0.15, 0.2) is 0 Å². The number of para-hydroxylation sites is 2. The molecule has 0 saturated carbocycles. The Balaban J connectivity index is 1.48. The topological polar surface area (TPSA) is 34.2 Å². The Morgan fingerprint density at radius 1 is 0.636 bits per heavy atom. The molecule has 4 aromatic rings. The van der Waals surface area contributed by atoms with E-state index in [0.29, 0.717) is 0 Å². The van der Waals surface area contributed by atoms with E-state index < -0.39 is 9.87 Å². The zero-order chi connectivity index (χ0) is 22.7. The van der Waals surface area contributed by atoms with Gasteiger partial charge in [-0.05, 0) is 36.4 Å². The molecule has 1 aromatic heterocycles. The van der Waals surface area contributed by atoms with E-state index in [-0.39, 0.29) is 5.41 Å². The van der Waals surface area contributed by atoms with Crippen LogP contribution < -0.4 is 9.47 Å². The standard InChI is InChI=1S/C28H25NO2S2/c1-26(2,3)28(31-21-14-8-10-16-23(21)33-28)25-18-17-24(29-25)27(19-11-5-4-6-12-19)30-20-13-7-9-15-22(20)32-27/h4-18,29H,1-3H3. The molecule has 2 aliphatic heterocycles. The largest absolute Gasteiger partial charge is 0.469 e. The van der Waals surface area contributed by atoms with Gasteiger partial charge in [-0.25, -0.2) is 0 Å². The Labute approximate surface area is 202 Å². The first-order valence-corrected chi connectivity index (χ1v) is 12.7. The lowest BCUT2D eigenvalue weighted by molar-refractivity contribution is 0.0524. The maximum Gasteiger partial charge on any atom is 0.225 e. The number of nitrogens with one attached hydrogen (secondary N) is 1. The molecule has 166 valence electrons. The highest BCUT2D eigenvalue weighted by atomic mass is 32.2. The van der Waals surface area contributed by atoms with Crippen LogP contribution in [0.4, 0.5) is 0 Å². The molecule has 2 atom stereocenters. The monoisotopic (exact) mass is 471 g/mol. The van der Waals surface area contributed by atoms with Crippen molar-refractivity contribution in [2.75, 3.05) is 0 Å². The summed E-state index contributed by atoms with van der Waals surface area (Å²) in [6.07, 6.45) is 0. The molecule has 33 heavy (non-hydrogen) atoms. The second-order valence-electron chi connectivity index (χ2n) is 9.44. The summed E-state index contributed by atoms with van der Waals surface area (Å²) >= 11 is 3.52. The number of aromatic amines is 1. The zero-order valence-electron chi connectivity index (χ0n) is 18.8. The van der Waals surface area contributed by atoms with Crippen LogP contribution in [-0.4, -0.2) is 4.98 Å². The third kappa shape index (κ3) is 3.13. The summed E-state index contributed by atoms with van der Waals surface area (Å²) in [7, 11) is 0. The van der Waals surface area contributed by atoms with Crippen molar-refractivity contribution in [2.45, 2.75) is 40.4 Å². The van der Waals surface area contributed by atoms with E-state index in [1.807, 2.05) is 24.3 Å². The molecule has 0 saturated heterocycles. The quantitative estimate of drug-likeness (QED) is 0.331. The van der Waals surface area contributed by atoms with E-state index in [1.54, 1.807) is 23.5 Å². The average Bonchev–Trinajstić information content (AvgIpc) is 3.54. The Hall–Kier alpha value is -2.76. The number of hydrogen-bond acceptors (Lipinski definition) is 4. The van der Waals surface area contributed by atoms with Crippen LogP contribution in [0.25, 0.3) is 0 Å². The SMILES string of the molecule is CC(C)(C)C1(c2ccc(C3(c4ccccc4)Oc4ccccc4S3)[nH]2)Oc2ccccc2S1. The van der Waals surface area contributed by atoms with Crippen molar-refractivity contribution in [1.29, 1.82) is 0 Å². The third-order valence-corrected chi connectivity index (χ3v) is 9.39. The number of ether oxygens (including phenoxy) is 2. The van der Waals surface area contributed by atoms with Crippen molar-refractivity contribution in [3.8, 4) is 11.5 Å². The molecule has 0 amide bonds. The number of aromatic nitrogens is 1. The number of rotatable bonds is 3. The molecule has 1 N–H and O–H groups in total. The fourth-order valence-electron chi connectivity index (χ4n) is 4.54. The lowest BCUT2D eigenvalue weighted by atomic mass is 9.86. The Bertz CT molecular complexity index is 1270. The van der Waals surface area contributed by atoms with Crippen molar-refractivity contribution in [1.82, 2.24) is 4.98 Å². The second kappa shape index (κ2) is 7.37. The molecule has 3 nitrogen and oxygen atoms in total. The smallest absolute Gasteiger partial charge is 0.225 e. The van der Waals surface area contributed by atoms with Crippen LogP contribution in [0, 0.1) is 5.41 Å². The lowest BCUT2D eigenvalue weighted by Crippen LogP contribution is -2.40. The molecule has 0 radical (unpaired) electrons. The zero-order valence-corrected chi connectivity index (χ0v) is 20.4. The molecule has 0 bridgehead atoms. The average molecular weight is 472 g/mol. The normalized spacial score (nSPS) is 23.5. The number of thioether (sulfide) groups is 2. The van der Waals surface area contributed by atoms with Crippen molar-refractivity contribution in [3.05, 3.63) is 108 Å². The van der Waals surface area contributed by atoms with Gasteiger partial charge in [-0.1, -0.05) is 98.9 Å². The highest BCUT2D eigenvalue weighted by molar-refractivity contribution is 8.00. The van der Waals surface area contributed by atoms with Crippen LogP contribution >= 0.6 is 23.5 Å². The minimum Gasteiger partial charge on any atom is -0.469 e. The summed E-state index contributed by atoms with van der Waals surface area (Å²) in [5.74, 6) is 1.84. The molecule has 0 fully saturated rings. The van der Waals surface area contributed by atoms with Gasteiger partial charge >= 0.3 is 0 Å². The van der Waals surface area contributed by atoms with Crippen LogP contribution in [0.3, 0.4) is 0 Å². The highest BCUT2D eigenvalue weighted by Crippen LogP contribution is 2.61. The van der Waals surface area contributed by atoms with E-state index in [9.17, 15) is 0 Å². The molecule has 2 aliphatic rings. The van der Waals surface area contributed by atoms with Gasteiger partial charge in [0.05, 0.1) is 21.2 Å². The summed E-state index contributed by atoms with van der Waals surface area (Å²) in [5, 5.41) is 0. The van der Waals surface area contributed by atoms with E-state index in [1.165, 1.54) is 4.90 Å². The fourth-order valence-corrected chi connectivity index (χ4v) is 7.15. The molecule has 6 rings (SSSR count). The van der Waals surface area contributed by atoms with Crippen LogP contribution in [0.15, 0.2) is 101 Å². The molecule has 5 heteroatoms. The van der Waals surface area contributed by atoms with E-state index in [0.717, 1.165) is 33.3 Å². The Morgan fingerprint density at radius 2 is 1.21 bits per heavy atom. The summed E-state index contributed by atoms with van der Waals surface area (Å²) in [4.78, 5) is 4.82. The summed E-state index contributed by atoms with van der Waals surface area (Å²) in [5.41, 5.74) is 2.99. The number of fused-ring (bicyclic) bond motifs is 2. The number of benzene rings is 3. The van der Waals surface area contributed by atoms with E-state index in [2.05, 4.69) is 92.5 Å². The molecule has 2 unspecified atom stereocenters. The Kier molecular flexibility index (Phi) is 4.65. The first kappa shape index (κ1) is 20.8. The predicted octanol–water partition coefficient (Wildman–Crippen LogP) is 7.78. The van der Waals surface area contributed by atoms with Gasteiger partial charge in [-0.15, -0.1) is 0 Å². The van der Waals surface area contributed by atoms with Crippen LogP contribution in [0.5, 0.6) is 11.5 Å². The van der Waals surface area contributed by atoms with Gasteiger partial charge in [0.25, 0.3) is 0 Å². The summed E-state index contributed by atoms with van der Waals surface area (Å²) < 4.78 is 13.4. The second-order valence-corrected chi connectivity index (χ2v) is 11.9. The summed E-state index contributed by atoms with van der Waals surface area (Å²) in [6, 6.07) is 31.3. The first-order valence-electron chi connectivity index (χ1n) is 11.1. The van der Waals surface area contributed by atoms with E-state index in [4.69, 9.17) is 9.47 Å². The summed E-state index contributed by atoms with van der Waals surface area (Å²) in [6.45, 7) is 6.70. The molecule has 3 aromatic carbocycles. The van der Waals surface area contributed by atoms with Crippen LogP contribution in [0.2, 0.25) is 0 Å². The van der Waals surface area contributed by atoms with Gasteiger partial charge in [-0.3, -0.25) is 0 Å². The Morgan fingerprint density at radius 3 is 1.85 bits per heavy atom. The third-order valence-electron chi connectivity index (χ3n) is 6.25. The number of H-pyrrole nitrogens is 1. The predicted molar refractivity (Wildman–Crippen MR) is 135 cm³/mol. The van der Waals surface area contributed by atoms with Crippen molar-refractivity contribution in [2.24, 2.45) is 5.41 Å². The maximum absolute atomic E-state index is 6.71. The number of hydrogen-bond donors (Lipinski definition) is 1. The fraction of sp³-hybridized carbons (Fsp3) is 0.214. The lowest BCUT2D eigenvalue weighted by Gasteiger charge is -2.39. The van der Waals surface area contributed by atoms with Crippen LogP contribution in [0.1, 0.15) is 37.7 Å². The van der Waals surface area contributed by atoms with Gasteiger partial charge in [0.1, 0.15) is 11.5 Å².